The number of carbonyl (C=O) groups is 1. The summed E-state index contributed by atoms with van der Waals surface area (Å²) in [6, 6.07) is -0.148. The van der Waals surface area contributed by atoms with E-state index in [-0.39, 0.29) is 18.1 Å². The van der Waals surface area contributed by atoms with Crippen LogP contribution in [0, 0.1) is 0 Å². The Bertz CT molecular complexity index is 246. The summed E-state index contributed by atoms with van der Waals surface area (Å²) in [6.45, 7) is 8.60. The van der Waals surface area contributed by atoms with Crippen LogP contribution in [-0.4, -0.2) is 74.7 Å². The van der Waals surface area contributed by atoms with Gasteiger partial charge in [-0.05, 0) is 13.5 Å². The number of likely N-dealkylation sites (N-methyl/N-ethyl adjacent to an activating group) is 2. The fourth-order valence-corrected chi connectivity index (χ4v) is 1.97. The second kappa shape index (κ2) is 6.93. The molecule has 1 N–H and O–H groups in total. The van der Waals surface area contributed by atoms with Gasteiger partial charge in [0.1, 0.15) is 0 Å². The molecule has 0 bridgehead atoms. The number of hydrogen-bond donors (Lipinski definition) is 1. The van der Waals surface area contributed by atoms with Crippen molar-refractivity contribution in [3.63, 3.8) is 0 Å². The molecule has 100 valence electrons. The molecule has 1 saturated heterocycles. The van der Waals surface area contributed by atoms with Gasteiger partial charge in [0.05, 0.1) is 18.8 Å². The van der Waals surface area contributed by atoms with E-state index in [9.17, 15) is 4.79 Å². The molecule has 1 amide bonds. The molecule has 0 aromatic heterocycles. The normalized spacial score (nSPS) is 23.4. The number of nitrogens with zero attached hydrogens (tertiary/aromatic N) is 2. The maximum atomic E-state index is 11.6. The summed E-state index contributed by atoms with van der Waals surface area (Å²) in [5.74, 6) is 0.105. The third kappa shape index (κ3) is 4.61. The molecule has 5 nitrogen and oxygen atoms in total. The minimum atomic E-state index is -0.148. The Morgan fingerprint density at radius 3 is 2.88 bits per heavy atom. The third-order valence-corrected chi connectivity index (χ3v) is 3.13. The molecule has 5 heteroatoms. The van der Waals surface area contributed by atoms with Gasteiger partial charge in [-0.2, -0.15) is 0 Å². The smallest absolute Gasteiger partial charge is 0.238 e. The molecule has 0 radical (unpaired) electrons. The summed E-state index contributed by atoms with van der Waals surface area (Å²) in [4.78, 5) is 15.6. The van der Waals surface area contributed by atoms with Gasteiger partial charge in [-0.1, -0.05) is 6.92 Å². The average Bonchev–Trinajstić information content (AvgIpc) is 2.35. The zero-order valence-electron chi connectivity index (χ0n) is 11.4. The van der Waals surface area contributed by atoms with Gasteiger partial charge >= 0.3 is 0 Å². The van der Waals surface area contributed by atoms with Gasteiger partial charge in [0.2, 0.25) is 5.91 Å². The molecular weight excluding hydrogens is 218 g/mol. The van der Waals surface area contributed by atoms with Gasteiger partial charge in [-0.3, -0.25) is 9.69 Å². The summed E-state index contributed by atoms with van der Waals surface area (Å²) in [5.41, 5.74) is 0. The quantitative estimate of drug-likeness (QED) is 0.725. The highest BCUT2D eigenvalue weighted by Gasteiger charge is 2.21. The van der Waals surface area contributed by atoms with Crippen LogP contribution in [0.5, 0.6) is 0 Å². The van der Waals surface area contributed by atoms with Gasteiger partial charge in [0.15, 0.2) is 0 Å². The Kier molecular flexibility index (Phi) is 5.88. The first-order valence-electron chi connectivity index (χ1n) is 6.33. The van der Waals surface area contributed by atoms with Crippen molar-refractivity contribution >= 4 is 5.91 Å². The van der Waals surface area contributed by atoms with Crippen molar-refractivity contribution in [1.29, 1.82) is 0 Å². The fraction of sp³-hybridized carbons (Fsp3) is 0.917. The van der Waals surface area contributed by atoms with Crippen LogP contribution in [0.1, 0.15) is 13.8 Å². The van der Waals surface area contributed by atoms with Crippen LogP contribution >= 0.6 is 0 Å². The molecule has 2 unspecified atom stereocenters. The van der Waals surface area contributed by atoms with Crippen molar-refractivity contribution in [2.45, 2.75) is 26.0 Å². The first kappa shape index (κ1) is 14.4. The summed E-state index contributed by atoms with van der Waals surface area (Å²) < 4.78 is 5.67. The van der Waals surface area contributed by atoms with E-state index in [1.165, 1.54) is 0 Å². The Balaban J connectivity index is 2.28. The van der Waals surface area contributed by atoms with Crippen molar-refractivity contribution < 1.29 is 9.53 Å². The van der Waals surface area contributed by atoms with E-state index in [2.05, 4.69) is 17.1 Å². The number of nitrogens with one attached hydrogen (secondary N) is 1. The largest absolute Gasteiger partial charge is 0.374 e. The standard InChI is InChI=1S/C12H25N3O2/c1-5-15-6-7-17-11(9-15)8-13-10(2)12(16)14(3)4/h10-11,13H,5-9H2,1-4H3. The Hall–Kier alpha value is -0.650. The highest BCUT2D eigenvalue weighted by Crippen LogP contribution is 2.04. The van der Waals surface area contributed by atoms with Crippen molar-refractivity contribution in [3.8, 4) is 0 Å². The number of morpholine rings is 1. The maximum Gasteiger partial charge on any atom is 0.238 e. The second-order valence-corrected chi connectivity index (χ2v) is 4.75. The van der Waals surface area contributed by atoms with E-state index < -0.39 is 0 Å². The zero-order valence-corrected chi connectivity index (χ0v) is 11.4. The first-order valence-corrected chi connectivity index (χ1v) is 6.33. The number of ether oxygens (including phenoxy) is 1. The van der Waals surface area contributed by atoms with Gasteiger partial charge in [0.25, 0.3) is 0 Å². The minimum absolute atomic E-state index is 0.105. The Morgan fingerprint density at radius 2 is 2.29 bits per heavy atom. The van der Waals surface area contributed by atoms with E-state index in [1.807, 2.05) is 6.92 Å². The molecule has 0 aromatic carbocycles. The summed E-state index contributed by atoms with van der Waals surface area (Å²) in [6.07, 6.45) is 0.195. The van der Waals surface area contributed by atoms with Crippen LogP contribution in [0.2, 0.25) is 0 Å². The predicted molar refractivity (Wildman–Crippen MR) is 68.0 cm³/mol. The van der Waals surface area contributed by atoms with E-state index >= 15 is 0 Å². The lowest BCUT2D eigenvalue weighted by atomic mass is 10.2. The van der Waals surface area contributed by atoms with E-state index in [0.29, 0.717) is 0 Å². The third-order valence-electron chi connectivity index (χ3n) is 3.13. The monoisotopic (exact) mass is 243 g/mol. The van der Waals surface area contributed by atoms with E-state index in [4.69, 9.17) is 4.74 Å². The molecule has 17 heavy (non-hydrogen) atoms. The molecule has 1 fully saturated rings. The summed E-state index contributed by atoms with van der Waals surface area (Å²) in [5, 5.41) is 3.24. The first-order chi connectivity index (χ1) is 8.04. The summed E-state index contributed by atoms with van der Waals surface area (Å²) in [7, 11) is 3.55. The molecule has 1 aliphatic heterocycles. The lowest BCUT2D eigenvalue weighted by Crippen LogP contribution is -2.50. The Morgan fingerprint density at radius 1 is 1.59 bits per heavy atom. The number of carbonyl (C=O) groups excluding carboxylic acids is 1. The van der Waals surface area contributed by atoms with Crippen molar-refractivity contribution in [3.05, 3.63) is 0 Å². The van der Waals surface area contributed by atoms with Crippen molar-refractivity contribution in [2.24, 2.45) is 0 Å². The lowest BCUT2D eigenvalue weighted by Gasteiger charge is -2.32. The van der Waals surface area contributed by atoms with Gasteiger partial charge in [0, 0.05) is 33.7 Å². The molecule has 0 aliphatic carbocycles. The molecule has 1 rings (SSSR count). The maximum absolute atomic E-state index is 11.6. The Labute approximate surface area is 104 Å². The molecule has 1 aliphatic rings. The summed E-state index contributed by atoms with van der Waals surface area (Å²) >= 11 is 0. The number of amides is 1. The fourth-order valence-electron chi connectivity index (χ4n) is 1.97. The topological polar surface area (TPSA) is 44.8 Å². The van der Waals surface area contributed by atoms with Gasteiger partial charge < -0.3 is 15.0 Å². The van der Waals surface area contributed by atoms with Crippen LogP contribution in [0.25, 0.3) is 0 Å². The minimum Gasteiger partial charge on any atom is -0.374 e. The van der Waals surface area contributed by atoms with E-state index in [1.54, 1.807) is 19.0 Å². The second-order valence-electron chi connectivity index (χ2n) is 4.75. The highest BCUT2D eigenvalue weighted by molar-refractivity contribution is 5.80. The van der Waals surface area contributed by atoms with Crippen molar-refractivity contribution in [2.75, 3.05) is 46.9 Å². The predicted octanol–water partition coefficient (Wildman–Crippen LogP) is -0.227. The molecule has 1 heterocycles. The van der Waals surface area contributed by atoms with Gasteiger partial charge in [-0.25, -0.2) is 0 Å². The molecular formula is C12H25N3O2. The molecule has 0 saturated carbocycles. The zero-order chi connectivity index (χ0) is 12.8. The van der Waals surface area contributed by atoms with Crippen LogP contribution < -0.4 is 5.32 Å². The molecule has 0 spiro atoms. The molecule has 0 aromatic rings. The number of hydrogen-bond acceptors (Lipinski definition) is 4. The highest BCUT2D eigenvalue weighted by atomic mass is 16.5. The van der Waals surface area contributed by atoms with Crippen molar-refractivity contribution in [1.82, 2.24) is 15.1 Å². The average molecular weight is 243 g/mol. The van der Waals surface area contributed by atoms with Crippen LogP contribution in [-0.2, 0) is 9.53 Å². The molecule has 2 atom stereocenters. The lowest BCUT2D eigenvalue weighted by molar-refractivity contribution is -0.130. The van der Waals surface area contributed by atoms with Crippen LogP contribution in [0.3, 0.4) is 0 Å². The van der Waals surface area contributed by atoms with Gasteiger partial charge in [-0.15, -0.1) is 0 Å². The van der Waals surface area contributed by atoms with E-state index in [0.717, 1.165) is 32.8 Å². The number of rotatable bonds is 5. The SMILES string of the molecule is CCN1CCOC(CNC(C)C(=O)N(C)C)C1. The van der Waals surface area contributed by atoms with Crippen LogP contribution in [0.15, 0.2) is 0 Å². The van der Waals surface area contributed by atoms with Crippen LogP contribution in [0.4, 0.5) is 0 Å².